The number of hydroxylamine groups is 2. The van der Waals surface area contributed by atoms with E-state index in [2.05, 4.69) is 10.3 Å². The molecule has 0 aliphatic carbocycles. The van der Waals surface area contributed by atoms with Gasteiger partial charge in [-0.2, -0.15) is 0 Å². The molecule has 1 aliphatic rings. The van der Waals surface area contributed by atoms with E-state index in [0.29, 0.717) is 58.2 Å². The summed E-state index contributed by atoms with van der Waals surface area (Å²) >= 11 is 0. The van der Waals surface area contributed by atoms with Crippen molar-refractivity contribution in [3.05, 3.63) is 58.3 Å². The lowest BCUT2D eigenvalue weighted by Gasteiger charge is -2.12. The number of carbonyl (C=O) groups excluding carboxylic acids is 4. The van der Waals surface area contributed by atoms with E-state index in [9.17, 15) is 24.0 Å². The number of carbonyl (C=O) groups is 4. The van der Waals surface area contributed by atoms with E-state index in [-0.39, 0.29) is 30.6 Å². The van der Waals surface area contributed by atoms with Crippen LogP contribution in [0, 0.1) is 0 Å². The monoisotopic (exact) mass is 449 g/mol. The summed E-state index contributed by atoms with van der Waals surface area (Å²) < 4.78 is 0. The van der Waals surface area contributed by atoms with E-state index < -0.39 is 17.8 Å². The number of hydrogen-bond donors (Lipinski definition) is 2. The normalized spacial score (nSPS) is 13.6. The summed E-state index contributed by atoms with van der Waals surface area (Å²) in [4.78, 5) is 68.2. The maximum Gasteiger partial charge on any atom is 0.333 e. The predicted molar refractivity (Wildman–Crippen MR) is 120 cm³/mol. The number of nitrogens with zero attached hydrogens (tertiary/aromatic N) is 1. The standard InChI is InChI=1S/C24H23N3O6/c28-19-12-13-20(29)27(19)33-21(30)11-2-1-5-14-25-24(32)17-9-6-8-16-22(17)26-18-10-4-3-7-15(18)23(16)31/h3-4,6-10H,1-2,5,11-14H2,(H,25,32)(H,26,31). The van der Waals surface area contributed by atoms with Crippen LogP contribution < -0.4 is 10.7 Å². The van der Waals surface area contributed by atoms with E-state index in [1.54, 1.807) is 36.4 Å². The van der Waals surface area contributed by atoms with Crippen LogP contribution in [0.25, 0.3) is 21.8 Å². The van der Waals surface area contributed by atoms with Crippen molar-refractivity contribution in [2.24, 2.45) is 0 Å². The molecule has 1 fully saturated rings. The Labute approximate surface area is 188 Å². The molecule has 0 unspecified atom stereocenters. The minimum absolute atomic E-state index is 0.0621. The average molecular weight is 449 g/mol. The molecule has 3 aromatic rings. The van der Waals surface area contributed by atoms with Gasteiger partial charge in [0.2, 0.25) is 0 Å². The molecule has 0 saturated carbocycles. The number of pyridine rings is 1. The van der Waals surface area contributed by atoms with Crippen LogP contribution in [0.3, 0.4) is 0 Å². The predicted octanol–water partition coefficient (Wildman–Crippen LogP) is 2.58. The van der Waals surface area contributed by atoms with Gasteiger partial charge in [-0.15, -0.1) is 5.06 Å². The van der Waals surface area contributed by atoms with Crippen LogP contribution in [0.2, 0.25) is 0 Å². The number of benzene rings is 2. The molecular formula is C24H23N3O6. The zero-order valence-electron chi connectivity index (χ0n) is 17.9. The van der Waals surface area contributed by atoms with Crippen molar-refractivity contribution < 1.29 is 24.0 Å². The highest BCUT2D eigenvalue weighted by Crippen LogP contribution is 2.18. The van der Waals surface area contributed by atoms with Crippen LogP contribution in [-0.2, 0) is 19.2 Å². The number of fused-ring (bicyclic) bond motifs is 2. The van der Waals surface area contributed by atoms with E-state index in [4.69, 9.17) is 4.84 Å². The fourth-order valence-corrected chi connectivity index (χ4v) is 3.81. The van der Waals surface area contributed by atoms with Gasteiger partial charge in [0, 0.05) is 42.1 Å². The van der Waals surface area contributed by atoms with Crippen molar-refractivity contribution in [1.82, 2.24) is 15.4 Å². The van der Waals surface area contributed by atoms with Crippen molar-refractivity contribution in [3.8, 4) is 0 Å². The molecule has 0 spiro atoms. The summed E-state index contributed by atoms with van der Waals surface area (Å²) in [5.74, 6) is -1.93. The number of H-pyrrole nitrogens is 1. The first-order valence-corrected chi connectivity index (χ1v) is 10.8. The molecule has 2 aromatic carbocycles. The molecule has 3 amide bonds. The number of imide groups is 1. The summed E-state index contributed by atoms with van der Waals surface area (Å²) in [7, 11) is 0. The number of para-hydroxylation sites is 2. The molecular weight excluding hydrogens is 426 g/mol. The zero-order valence-corrected chi connectivity index (χ0v) is 17.9. The molecule has 9 nitrogen and oxygen atoms in total. The van der Waals surface area contributed by atoms with Crippen molar-refractivity contribution in [2.45, 2.75) is 38.5 Å². The molecule has 0 atom stereocenters. The van der Waals surface area contributed by atoms with Gasteiger partial charge in [-0.25, -0.2) is 4.79 Å². The van der Waals surface area contributed by atoms with Gasteiger partial charge in [0.15, 0.2) is 5.43 Å². The molecule has 0 radical (unpaired) electrons. The zero-order chi connectivity index (χ0) is 23.4. The van der Waals surface area contributed by atoms with Crippen molar-refractivity contribution in [1.29, 1.82) is 0 Å². The third-order valence-electron chi connectivity index (χ3n) is 5.53. The molecule has 33 heavy (non-hydrogen) atoms. The number of aromatic amines is 1. The molecule has 1 saturated heterocycles. The van der Waals surface area contributed by atoms with Gasteiger partial charge in [0.25, 0.3) is 17.7 Å². The van der Waals surface area contributed by atoms with E-state index in [0.717, 1.165) is 0 Å². The largest absolute Gasteiger partial charge is 0.354 e. The lowest BCUT2D eigenvalue weighted by molar-refractivity contribution is -0.197. The van der Waals surface area contributed by atoms with Crippen LogP contribution in [0.1, 0.15) is 48.9 Å². The highest BCUT2D eigenvalue weighted by Gasteiger charge is 2.32. The summed E-state index contributed by atoms with van der Waals surface area (Å²) in [6, 6.07) is 12.2. The van der Waals surface area contributed by atoms with Crippen molar-refractivity contribution >= 4 is 45.5 Å². The molecule has 2 N–H and O–H groups in total. The summed E-state index contributed by atoms with van der Waals surface area (Å²) in [5.41, 5.74) is 1.42. The third kappa shape index (κ3) is 4.77. The maximum atomic E-state index is 12.8. The number of hydrogen-bond acceptors (Lipinski definition) is 6. The number of amides is 3. The average Bonchev–Trinajstić information content (AvgIpc) is 3.13. The second kappa shape index (κ2) is 9.64. The lowest BCUT2D eigenvalue weighted by Crippen LogP contribution is -2.31. The third-order valence-corrected chi connectivity index (χ3v) is 5.53. The maximum absolute atomic E-state index is 12.8. The Morgan fingerprint density at radius 3 is 2.42 bits per heavy atom. The van der Waals surface area contributed by atoms with Gasteiger partial charge in [-0.3, -0.25) is 19.2 Å². The first-order valence-electron chi connectivity index (χ1n) is 10.8. The van der Waals surface area contributed by atoms with Gasteiger partial charge < -0.3 is 15.1 Å². The molecule has 170 valence electrons. The van der Waals surface area contributed by atoms with E-state index >= 15 is 0 Å². The summed E-state index contributed by atoms with van der Waals surface area (Å²) in [6.07, 6.45) is 1.97. The Bertz CT molecular complexity index is 1300. The fraction of sp³-hybridized carbons (Fsp3) is 0.292. The lowest BCUT2D eigenvalue weighted by atomic mass is 10.1. The molecule has 4 rings (SSSR count). The fourth-order valence-electron chi connectivity index (χ4n) is 3.81. The Balaban J connectivity index is 1.28. The van der Waals surface area contributed by atoms with E-state index in [1.165, 1.54) is 0 Å². The Morgan fingerprint density at radius 2 is 1.64 bits per heavy atom. The first-order chi connectivity index (χ1) is 16.0. The Hall–Kier alpha value is -4.01. The van der Waals surface area contributed by atoms with Gasteiger partial charge in [0.1, 0.15) is 0 Å². The van der Waals surface area contributed by atoms with Gasteiger partial charge in [0.05, 0.1) is 11.1 Å². The second-order valence-corrected chi connectivity index (χ2v) is 7.84. The second-order valence-electron chi connectivity index (χ2n) is 7.84. The molecule has 1 aliphatic heterocycles. The minimum atomic E-state index is -0.630. The van der Waals surface area contributed by atoms with Crippen LogP contribution in [0.4, 0.5) is 0 Å². The van der Waals surface area contributed by atoms with Crippen LogP contribution >= 0.6 is 0 Å². The van der Waals surface area contributed by atoms with Gasteiger partial charge in [-0.05, 0) is 37.1 Å². The van der Waals surface area contributed by atoms with Crippen LogP contribution in [0.5, 0.6) is 0 Å². The van der Waals surface area contributed by atoms with Crippen molar-refractivity contribution in [2.75, 3.05) is 6.54 Å². The minimum Gasteiger partial charge on any atom is -0.354 e. The first kappa shape index (κ1) is 22.2. The number of rotatable bonds is 8. The molecule has 0 bridgehead atoms. The number of nitrogens with one attached hydrogen (secondary N) is 2. The molecule has 1 aromatic heterocycles. The van der Waals surface area contributed by atoms with Crippen molar-refractivity contribution in [3.63, 3.8) is 0 Å². The topological polar surface area (TPSA) is 126 Å². The Morgan fingerprint density at radius 1 is 0.909 bits per heavy atom. The van der Waals surface area contributed by atoms with Crippen LogP contribution in [0.15, 0.2) is 47.3 Å². The molecule has 2 heterocycles. The van der Waals surface area contributed by atoms with E-state index in [1.807, 2.05) is 6.07 Å². The highest BCUT2D eigenvalue weighted by molar-refractivity contribution is 6.07. The number of unbranched alkanes of at least 4 members (excludes halogenated alkanes) is 2. The summed E-state index contributed by atoms with van der Waals surface area (Å²) in [6.45, 7) is 0.394. The van der Waals surface area contributed by atoms with Crippen LogP contribution in [-0.4, -0.2) is 40.3 Å². The van der Waals surface area contributed by atoms with Gasteiger partial charge >= 0.3 is 5.97 Å². The SMILES string of the molecule is O=C(CCCCCNC(=O)c1cccc2c(=O)c3ccccc3[nH]c12)ON1C(=O)CCC1=O. The smallest absolute Gasteiger partial charge is 0.333 e. The number of aromatic nitrogens is 1. The van der Waals surface area contributed by atoms with Gasteiger partial charge in [-0.1, -0.05) is 24.6 Å². The Kier molecular flexibility index (Phi) is 6.48. The molecule has 9 heteroatoms. The summed E-state index contributed by atoms with van der Waals surface area (Å²) in [5, 5.41) is 4.41. The quantitative estimate of drug-likeness (QED) is 0.309. The highest BCUT2D eigenvalue weighted by atomic mass is 16.7.